The molecule has 8 aromatic rings. The largest absolute Gasteiger partial charge is 0.347 e. The summed E-state index contributed by atoms with van der Waals surface area (Å²) in [6, 6.07) is 23.0. The number of H-pyrrole nitrogens is 1. The van der Waals surface area contributed by atoms with Gasteiger partial charge in [0.15, 0.2) is 11.0 Å². The monoisotopic (exact) mass is 413 g/mol. The molecule has 0 bridgehead atoms. The van der Waals surface area contributed by atoms with Crippen molar-refractivity contribution in [3.05, 3.63) is 93.5 Å². The van der Waals surface area contributed by atoms with Gasteiger partial charge in [0.2, 0.25) is 0 Å². The smallest absolute Gasteiger partial charge is 0.268 e. The predicted octanol–water partition coefficient (Wildman–Crippen LogP) is 3.76. The van der Waals surface area contributed by atoms with Gasteiger partial charge in [-0.3, -0.25) is 9.20 Å². The first-order valence-electron chi connectivity index (χ1n) is 10.4. The maximum atomic E-state index is 13.6. The molecular formula is C26H13N4O2+. The molecule has 6 heteroatoms. The summed E-state index contributed by atoms with van der Waals surface area (Å²) in [6.07, 6.45) is 0. The van der Waals surface area contributed by atoms with Gasteiger partial charge in [0, 0.05) is 21.5 Å². The molecule has 1 N–H and O–H groups in total. The molecule has 6 nitrogen and oxygen atoms in total. The van der Waals surface area contributed by atoms with E-state index in [1.165, 1.54) is 0 Å². The Kier molecular flexibility index (Phi) is 2.61. The number of aromatic nitrogens is 4. The van der Waals surface area contributed by atoms with Crippen molar-refractivity contribution in [1.82, 2.24) is 13.8 Å². The van der Waals surface area contributed by atoms with Crippen LogP contribution in [-0.2, 0) is 0 Å². The standard InChI is InChI=1S/C26H12N4O2/c31-25-15-11-12-16-22-14(24-28-18-6-2-4-8-20(18)30(24)26(16)32)10-9-13(21(15)22)23-27-17-5-1-3-7-19(17)29(23)25/h1-12H/p+1. The van der Waals surface area contributed by atoms with Crippen LogP contribution in [0.15, 0.2) is 82.4 Å². The summed E-state index contributed by atoms with van der Waals surface area (Å²) < 4.78 is 3.41. The molecule has 0 unspecified atom stereocenters. The molecule has 4 heterocycles. The van der Waals surface area contributed by atoms with Gasteiger partial charge < -0.3 is 0 Å². The quantitative estimate of drug-likeness (QED) is 0.356. The van der Waals surface area contributed by atoms with Gasteiger partial charge >= 0.3 is 5.56 Å². The third kappa shape index (κ3) is 1.66. The molecule has 0 amide bonds. The van der Waals surface area contributed by atoms with Crippen LogP contribution in [-0.4, -0.2) is 13.8 Å². The second-order valence-electron chi connectivity index (χ2n) is 8.27. The van der Waals surface area contributed by atoms with Crippen LogP contribution in [0.2, 0.25) is 0 Å². The van der Waals surface area contributed by atoms with Crippen molar-refractivity contribution in [2.75, 3.05) is 0 Å². The van der Waals surface area contributed by atoms with E-state index in [1.807, 2.05) is 60.7 Å². The zero-order chi connectivity index (χ0) is 21.1. The Hall–Kier alpha value is -4.58. The van der Waals surface area contributed by atoms with Gasteiger partial charge in [-0.25, -0.2) is 14.8 Å². The number of nitrogens with one attached hydrogen (secondary N) is 1. The van der Waals surface area contributed by atoms with Crippen LogP contribution in [0.5, 0.6) is 0 Å². The lowest BCUT2D eigenvalue weighted by molar-refractivity contribution is -0.310. The fourth-order valence-corrected chi connectivity index (χ4v) is 5.37. The van der Waals surface area contributed by atoms with Crippen LogP contribution in [0.4, 0.5) is 0 Å². The third-order valence-electron chi connectivity index (χ3n) is 6.71. The summed E-state index contributed by atoms with van der Waals surface area (Å²) in [5.74, 6) is 0. The van der Waals surface area contributed by atoms with Crippen LogP contribution in [0.1, 0.15) is 0 Å². The van der Waals surface area contributed by atoms with Crippen molar-refractivity contribution in [3.8, 4) is 0 Å². The van der Waals surface area contributed by atoms with E-state index in [9.17, 15) is 9.59 Å². The SMILES string of the molecule is O=c1c2ccc3c(=O)n4c5ccccc5[nH+]c4c4ccc(c2c34)c2nc3ccccc3n12. The number of pyridine rings is 2. The molecule has 0 atom stereocenters. The lowest BCUT2D eigenvalue weighted by Crippen LogP contribution is -2.17. The Balaban J connectivity index is 1.74. The number of hydrogen-bond acceptors (Lipinski definition) is 3. The second-order valence-corrected chi connectivity index (χ2v) is 8.27. The van der Waals surface area contributed by atoms with Crippen molar-refractivity contribution < 1.29 is 4.98 Å². The summed E-state index contributed by atoms with van der Waals surface area (Å²) in [6.45, 7) is 0. The number of benzene rings is 4. The van der Waals surface area contributed by atoms with E-state index < -0.39 is 0 Å². The summed E-state index contributed by atoms with van der Waals surface area (Å²) in [5, 5.41) is 4.57. The minimum atomic E-state index is -0.118. The topological polar surface area (TPSA) is 70.0 Å². The van der Waals surface area contributed by atoms with Gasteiger partial charge in [0.25, 0.3) is 11.2 Å². The molecule has 0 saturated heterocycles. The van der Waals surface area contributed by atoms with Gasteiger partial charge in [-0.1, -0.05) is 24.3 Å². The fourth-order valence-electron chi connectivity index (χ4n) is 5.37. The molecule has 0 saturated carbocycles. The van der Waals surface area contributed by atoms with Gasteiger partial charge in [-0.15, -0.1) is 0 Å². The molecule has 8 rings (SSSR count). The Labute approximate surface area is 178 Å². The zero-order valence-corrected chi connectivity index (χ0v) is 16.6. The van der Waals surface area contributed by atoms with Gasteiger partial charge in [-0.2, -0.15) is 4.40 Å². The number of nitrogens with zero attached hydrogens (tertiary/aromatic N) is 3. The first-order chi connectivity index (χ1) is 15.7. The molecule has 0 aliphatic heterocycles. The lowest BCUT2D eigenvalue weighted by atomic mass is 9.96. The van der Waals surface area contributed by atoms with Gasteiger partial charge in [0.05, 0.1) is 21.8 Å². The number of para-hydroxylation sites is 4. The average Bonchev–Trinajstić information content (AvgIpc) is 3.40. The molecular weight excluding hydrogens is 400 g/mol. The normalized spacial score (nSPS) is 12.6. The first-order valence-corrected chi connectivity index (χ1v) is 10.4. The third-order valence-corrected chi connectivity index (χ3v) is 6.71. The van der Waals surface area contributed by atoms with Crippen molar-refractivity contribution in [3.63, 3.8) is 0 Å². The zero-order valence-electron chi connectivity index (χ0n) is 16.6. The number of aromatic amines is 1. The van der Waals surface area contributed by atoms with E-state index in [1.54, 1.807) is 20.9 Å². The Bertz CT molecular complexity index is 2030. The maximum absolute atomic E-state index is 13.6. The Morgan fingerprint density at radius 1 is 0.625 bits per heavy atom. The predicted molar refractivity (Wildman–Crippen MR) is 125 cm³/mol. The van der Waals surface area contributed by atoms with E-state index in [0.717, 1.165) is 49.3 Å². The van der Waals surface area contributed by atoms with Crippen molar-refractivity contribution in [2.45, 2.75) is 0 Å². The van der Waals surface area contributed by atoms with E-state index in [4.69, 9.17) is 4.98 Å². The van der Waals surface area contributed by atoms with Crippen molar-refractivity contribution >= 4 is 65.7 Å². The molecule has 148 valence electrons. The summed E-state index contributed by atoms with van der Waals surface area (Å²) in [5.41, 5.74) is 4.44. The van der Waals surface area contributed by atoms with E-state index >= 15 is 0 Å². The summed E-state index contributed by atoms with van der Waals surface area (Å²) in [7, 11) is 0. The highest BCUT2D eigenvalue weighted by molar-refractivity contribution is 6.27. The number of fused-ring (bicyclic) bond motifs is 8. The van der Waals surface area contributed by atoms with Crippen LogP contribution in [0, 0.1) is 0 Å². The number of hydrogen-bond donors (Lipinski definition) is 0. The second kappa shape index (κ2) is 5.18. The van der Waals surface area contributed by atoms with Crippen LogP contribution in [0.3, 0.4) is 0 Å². The molecule has 0 fully saturated rings. The number of imidazole rings is 2. The highest BCUT2D eigenvalue weighted by Gasteiger charge is 2.25. The van der Waals surface area contributed by atoms with E-state index in [-0.39, 0.29) is 11.1 Å². The minimum absolute atomic E-state index is 0.0971. The molecule has 0 spiro atoms. The van der Waals surface area contributed by atoms with Crippen LogP contribution >= 0.6 is 0 Å². The van der Waals surface area contributed by atoms with Crippen LogP contribution in [0.25, 0.3) is 65.7 Å². The molecule has 0 aliphatic rings. The summed E-state index contributed by atoms with van der Waals surface area (Å²) >= 11 is 0. The van der Waals surface area contributed by atoms with Crippen LogP contribution < -0.4 is 16.1 Å². The van der Waals surface area contributed by atoms with Crippen molar-refractivity contribution in [2.24, 2.45) is 0 Å². The van der Waals surface area contributed by atoms with E-state index in [0.29, 0.717) is 16.4 Å². The van der Waals surface area contributed by atoms with E-state index in [2.05, 4.69) is 4.98 Å². The Morgan fingerprint density at radius 3 is 2.09 bits per heavy atom. The highest BCUT2D eigenvalue weighted by Crippen LogP contribution is 2.35. The first kappa shape index (κ1) is 16.2. The molecule has 4 aromatic heterocycles. The Morgan fingerprint density at radius 2 is 1.25 bits per heavy atom. The maximum Gasteiger partial charge on any atom is 0.347 e. The lowest BCUT2D eigenvalue weighted by Gasteiger charge is -2.10. The molecule has 4 aromatic carbocycles. The fraction of sp³-hybridized carbons (Fsp3) is 0. The minimum Gasteiger partial charge on any atom is -0.268 e. The van der Waals surface area contributed by atoms with Gasteiger partial charge in [0.1, 0.15) is 5.65 Å². The number of rotatable bonds is 0. The molecule has 0 radical (unpaired) electrons. The van der Waals surface area contributed by atoms with Crippen molar-refractivity contribution in [1.29, 1.82) is 0 Å². The molecule has 0 aliphatic carbocycles. The van der Waals surface area contributed by atoms with Gasteiger partial charge in [-0.05, 0) is 48.5 Å². The summed E-state index contributed by atoms with van der Waals surface area (Å²) in [4.78, 5) is 35.4. The molecule has 32 heavy (non-hydrogen) atoms. The highest BCUT2D eigenvalue weighted by atomic mass is 16.1. The average molecular weight is 413 g/mol.